The lowest BCUT2D eigenvalue weighted by molar-refractivity contribution is 0.0785. The topological polar surface area (TPSA) is 103 Å². The lowest BCUT2D eigenvalue weighted by Crippen LogP contribution is -2.26. The Morgan fingerprint density at radius 2 is 1.83 bits per heavy atom. The molecular weight excluding hydrogens is 468 g/mol. The van der Waals surface area contributed by atoms with Crippen LogP contribution in [-0.4, -0.2) is 42.8 Å². The van der Waals surface area contributed by atoms with Crippen molar-refractivity contribution in [3.63, 3.8) is 0 Å². The summed E-state index contributed by atoms with van der Waals surface area (Å²) >= 11 is 0. The monoisotopic (exact) mass is 490 g/mol. The van der Waals surface area contributed by atoms with E-state index in [2.05, 4.69) is 9.82 Å². The largest absolute Gasteiger partial charge is 0.454 e. The minimum absolute atomic E-state index is 0.0219. The molecule has 3 aromatic carbocycles. The maximum absolute atomic E-state index is 13.0. The lowest BCUT2D eigenvalue weighted by atomic mass is 10.2. The van der Waals surface area contributed by atoms with Crippen LogP contribution in [0.1, 0.15) is 15.9 Å². The summed E-state index contributed by atoms with van der Waals surface area (Å²) in [6, 6.07) is 20.4. The number of anilines is 1. The Morgan fingerprint density at radius 3 is 2.66 bits per heavy atom. The van der Waals surface area contributed by atoms with Gasteiger partial charge in [0.05, 0.1) is 22.5 Å². The minimum Gasteiger partial charge on any atom is -0.454 e. The summed E-state index contributed by atoms with van der Waals surface area (Å²) in [5, 5.41) is 4.35. The van der Waals surface area contributed by atoms with Gasteiger partial charge in [-0.05, 0) is 42.5 Å². The van der Waals surface area contributed by atoms with E-state index in [0.29, 0.717) is 23.7 Å². The summed E-state index contributed by atoms with van der Waals surface area (Å²) in [5.74, 6) is 0.710. The first-order chi connectivity index (χ1) is 16.9. The standard InChI is InChI=1S/C25H22N4O5S/c1-28(15-18-14-26-29(16-18)21-7-3-2-4-8-21)25(30)19-6-5-9-22(12-19)35(31,32)27-20-10-11-23-24(13-20)34-17-33-23/h2-14,16,27H,15,17H2,1H3. The highest BCUT2D eigenvalue weighted by Gasteiger charge is 2.20. The third kappa shape index (κ3) is 4.82. The first-order valence-corrected chi connectivity index (χ1v) is 12.2. The van der Waals surface area contributed by atoms with Crippen LogP contribution in [0.2, 0.25) is 0 Å². The Labute approximate surface area is 202 Å². The summed E-state index contributed by atoms with van der Waals surface area (Å²) in [6.45, 7) is 0.411. The molecule has 178 valence electrons. The van der Waals surface area contributed by atoms with Gasteiger partial charge in [0, 0.05) is 37.0 Å². The SMILES string of the molecule is CN(Cc1cnn(-c2ccccc2)c1)C(=O)c1cccc(S(=O)(=O)Nc2ccc3c(c2)OCO3)c1. The maximum atomic E-state index is 13.0. The molecule has 0 unspecified atom stereocenters. The van der Waals surface area contributed by atoms with Crippen LogP contribution in [0.3, 0.4) is 0 Å². The van der Waals surface area contributed by atoms with Crippen molar-refractivity contribution in [1.82, 2.24) is 14.7 Å². The quantitative estimate of drug-likeness (QED) is 0.424. The van der Waals surface area contributed by atoms with Gasteiger partial charge in [-0.15, -0.1) is 0 Å². The van der Waals surface area contributed by atoms with Crippen molar-refractivity contribution >= 4 is 21.6 Å². The minimum atomic E-state index is -3.93. The number of fused-ring (bicyclic) bond motifs is 1. The van der Waals surface area contributed by atoms with Crippen LogP contribution in [0.4, 0.5) is 5.69 Å². The molecular formula is C25H22N4O5S. The second-order valence-corrected chi connectivity index (χ2v) is 9.67. The third-order valence-electron chi connectivity index (χ3n) is 5.44. The summed E-state index contributed by atoms with van der Waals surface area (Å²) in [4.78, 5) is 14.5. The molecule has 10 heteroatoms. The molecule has 0 atom stereocenters. The van der Waals surface area contributed by atoms with E-state index in [1.54, 1.807) is 48.3 Å². The molecule has 35 heavy (non-hydrogen) atoms. The van der Waals surface area contributed by atoms with Gasteiger partial charge in [0.1, 0.15) is 0 Å². The Balaban J connectivity index is 1.29. The molecule has 0 spiro atoms. The second kappa shape index (κ2) is 9.15. The van der Waals surface area contributed by atoms with E-state index in [0.717, 1.165) is 11.3 Å². The molecule has 2 heterocycles. The highest BCUT2D eigenvalue weighted by molar-refractivity contribution is 7.92. The van der Waals surface area contributed by atoms with E-state index >= 15 is 0 Å². The predicted molar refractivity (Wildman–Crippen MR) is 129 cm³/mol. The third-order valence-corrected chi connectivity index (χ3v) is 6.82. The van der Waals surface area contributed by atoms with Crippen molar-refractivity contribution in [2.45, 2.75) is 11.4 Å². The normalized spacial score (nSPS) is 12.4. The molecule has 4 aromatic rings. The number of benzene rings is 3. The molecule has 1 aliphatic rings. The Bertz CT molecular complexity index is 1480. The molecule has 1 amide bonds. The number of rotatable bonds is 7. The van der Waals surface area contributed by atoms with Crippen LogP contribution >= 0.6 is 0 Å². The first kappa shape index (κ1) is 22.5. The highest BCUT2D eigenvalue weighted by atomic mass is 32.2. The molecule has 1 aromatic heterocycles. The molecule has 9 nitrogen and oxygen atoms in total. The van der Waals surface area contributed by atoms with Crippen molar-refractivity contribution in [3.05, 3.63) is 96.3 Å². The number of aromatic nitrogens is 2. The zero-order chi connectivity index (χ0) is 24.4. The fourth-order valence-electron chi connectivity index (χ4n) is 3.70. The number of ether oxygens (including phenoxy) is 2. The Morgan fingerprint density at radius 1 is 1.03 bits per heavy atom. The lowest BCUT2D eigenvalue weighted by Gasteiger charge is -2.17. The highest BCUT2D eigenvalue weighted by Crippen LogP contribution is 2.34. The van der Waals surface area contributed by atoms with Gasteiger partial charge in [-0.3, -0.25) is 9.52 Å². The molecule has 0 saturated carbocycles. The molecule has 0 fully saturated rings. The van der Waals surface area contributed by atoms with E-state index in [1.807, 2.05) is 36.5 Å². The second-order valence-electron chi connectivity index (χ2n) is 7.99. The molecule has 0 aliphatic carbocycles. The van der Waals surface area contributed by atoms with E-state index in [9.17, 15) is 13.2 Å². The Kier molecular flexibility index (Phi) is 5.87. The molecule has 0 radical (unpaired) electrons. The van der Waals surface area contributed by atoms with Crippen molar-refractivity contribution in [1.29, 1.82) is 0 Å². The van der Waals surface area contributed by atoms with Crippen LogP contribution in [0.15, 0.2) is 90.1 Å². The molecule has 1 aliphatic heterocycles. The van der Waals surface area contributed by atoms with Crippen molar-refractivity contribution in [2.24, 2.45) is 0 Å². The van der Waals surface area contributed by atoms with E-state index in [1.165, 1.54) is 17.0 Å². The first-order valence-electron chi connectivity index (χ1n) is 10.8. The van der Waals surface area contributed by atoms with E-state index in [4.69, 9.17) is 9.47 Å². The van der Waals surface area contributed by atoms with Gasteiger partial charge in [0.25, 0.3) is 15.9 Å². The van der Waals surface area contributed by atoms with Crippen LogP contribution < -0.4 is 14.2 Å². The van der Waals surface area contributed by atoms with Gasteiger partial charge < -0.3 is 14.4 Å². The number of sulfonamides is 1. The summed E-state index contributed by atoms with van der Waals surface area (Å²) in [7, 11) is -2.27. The van der Waals surface area contributed by atoms with Crippen molar-refractivity contribution in [3.8, 4) is 17.2 Å². The average Bonchev–Trinajstić information content (AvgIpc) is 3.53. The number of nitrogens with one attached hydrogen (secondary N) is 1. The molecule has 5 rings (SSSR count). The number of hydrogen-bond donors (Lipinski definition) is 1. The van der Waals surface area contributed by atoms with Crippen molar-refractivity contribution < 1.29 is 22.7 Å². The van der Waals surface area contributed by atoms with Crippen LogP contribution in [0, 0.1) is 0 Å². The summed E-state index contributed by atoms with van der Waals surface area (Å²) in [6.07, 6.45) is 3.56. The van der Waals surface area contributed by atoms with Crippen LogP contribution in [-0.2, 0) is 16.6 Å². The van der Waals surface area contributed by atoms with Gasteiger partial charge >= 0.3 is 0 Å². The fraction of sp³-hybridized carbons (Fsp3) is 0.120. The molecule has 1 N–H and O–H groups in total. The average molecular weight is 491 g/mol. The number of amides is 1. The van der Waals surface area contributed by atoms with Crippen LogP contribution in [0.25, 0.3) is 5.69 Å². The van der Waals surface area contributed by atoms with Gasteiger partial charge in [-0.1, -0.05) is 24.3 Å². The van der Waals surface area contributed by atoms with Crippen LogP contribution in [0.5, 0.6) is 11.5 Å². The number of nitrogens with zero attached hydrogens (tertiary/aromatic N) is 3. The molecule has 0 bridgehead atoms. The van der Waals surface area contributed by atoms with Crippen molar-refractivity contribution in [2.75, 3.05) is 18.6 Å². The van der Waals surface area contributed by atoms with E-state index in [-0.39, 0.29) is 23.2 Å². The predicted octanol–water partition coefficient (Wildman–Crippen LogP) is 3.67. The smallest absolute Gasteiger partial charge is 0.261 e. The maximum Gasteiger partial charge on any atom is 0.261 e. The summed E-state index contributed by atoms with van der Waals surface area (Å²) < 4.78 is 40.7. The fourth-order valence-corrected chi connectivity index (χ4v) is 4.80. The van der Waals surface area contributed by atoms with Gasteiger partial charge in [-0.25, -0.2) is 13.1 Å². The van der Waals surface area contributed by atoms with Gasteiger partial charge in [0.2, 0.25) is 6.79 Å². The van der Waals surface area contributed by atoms with Gasteiger partial charge in [-0.2, -0.15) is 5.10 Å². The number of hydrogen-bond acceptors (Lipinski definition) is 6. The Hall–Kier alpha value is -4.31. The number of carbonyl (C=O) groups is 1. The van der Waals surface area contributed by atoms with Gasteiger partial charge in [0.15, 0.2) is 11.5 Å². The zero-order valence-corrected chi connectivity index (χ0v) is 19.6. The van der Waals surface area contributed by atoms with E-state index < -0.39 is 10.0 Å². The summed E-state index contributed by atoms with van der Waals surface area (Å²) in [5.41, 5.74) is 2.36. The zero-order valence-electron chi connectivity index (χ0n) is 18.8. The molecule has 0 saturated heterocycles. The number of para-hydroxylation sites is 1. The number of carbonyl (C=O) groups excluding carboxylic acids is 1.